The molecule has 1 aromatic heterocycles. The van der Waals surface area contributed by atoms with Gasteiger partial charge in [0.05, 0.1) is 18.9 Å². The molecule has 2 N–H and O–H groups in total. The van der Waals surface area contributed by atoms with Crippen molar-refractivity contribution in [2.75, 3.05) is 18.9 Å². The lowest BCUT2D eigenvalue weighted by Crippen LogP contribution is -2.07. The summed E-state index contributed by atoms with van der Waals surface area (Å²) in [7, 11) is 0. The molecule has 0 saturated heterocycles. The summed E-state index contributed by atoms with van der Waals surface area (Å²) < 4.78 is 12.1. The number of nitrogens with two attached hydrogens (primary N) is 1. The molecule has 0 atom stereocenters. The van der Waals surface area contributed by atoms with Crippen molar-refractivity contribution in [3.05, 3.63) is 36.0 Å². The van der Waals surface area contributed by atoms with E-state index in [1.807, 2.05) is 24.3 Å². The first kappa shape index (κ1) is 15.9. The molecule has 0 aliphatic carbocycles. The number of rotatable bonds is 7. The van der Waals surface area contributed by atoms with E-state index in [9.17, 15) is 4.79 Å². The normalized spacial score (nSPS) is 10.5. The summed E-state index contributed by atoms with van der Waals surface area (Å²) in [6.07, 6.45) is 2.08. The zero-order valence-electron chi connectivity index (χ0n) is 12.9. The van der Waals surface area contributed by atoms with Crippen LogP contribution >= 0.6 is 0 Å². The Morgan fingerprint density at radius 3 is 2.86 bits per heavy atom. The Bertz CT molecular complexity index is 637. The molecule has 0 aliphatic rings. The molecule has 0 fully saturated rings. The standard InChI is InChI=1S/C16H21N3O3/c1-3-5-9-22-13-8-6-7-12(10-13)19-15(17)11-14(18-19)16(20)21-4-2/h6-8,10-11H,3-5,9,17H2,1-2H3. The van der Waals surface area contributed by atoms with Gasteiger partial charge in [-0.25, -0.2) is 9.48 Å². The molecule has 1 aromatic carbocycles. The lowest BCUT2D eigenvalue weighted by molar-refractivity contribution is 0.0519. The van der Waals surface area contributed by atoms with E-state index in [0.29, 0.717) is 19.0 Å². The van der Waals surface area contributed by atoms with Gasteiger partial charge in [-0.1, -0.05) is 19.4 Å². The van der Waals surface area contributed by atoms with Gasteiger partial charge in [0.25, 0.3) is 0 Å². The minimum atomic E-state index is -0.483. The van der Waals surface area contributed by atoms with Crippen LogP contribution < -0.4 is 10.5 Å². The van der Waals surface area contributed by atoms with Crippen molar-refractivity contribution in [3.63, 3.8) is 0 Å². The van der Waals surface area contributed by atoms with E-state index in [4.69, 9.17) is 15.2 Å². The first-order valence-electron chi connectivity index (χ1n) is 7.41. The first-order chi connectivity index (χ1) is 10.7. The number of benzene rings is 1. The number of carbonyl (C=O) groups is 1. The average Bonchev–Trinajstić information content (AvgIpc) is 2.90. The number of hydrogen-bond acceptors (Lipinski definition) is 5. The van der Waals surface area contributed by atoms with Gasteiger partial charge in [0, 0.05) is 12.1 Å². The highest BCUT2D eigenvalue weighted by molar-refractivity contribution is 5.88. The van der Waals surface area contributed by atoms with Crippen LogP contribution in [0.4, 0.5) is 5.82 Å². The zero-order chi connectivity index (χ0) is 15.9. The maximum atomic E-state index is 11.7. The van der Waals surface area contributed by atoms with Crippen molar-refractivity contribution in [1.82, 2.24) is 9.78 Å². The van der Waals surface area contributed by atoms with Crippen LogP contribution in [-0.4, -0.2) is 29.0 Å². The number of aromatic nitrogens is 2. The number of anilines is 1. The molecule has 0 unspecified atom stereocenters. The second-order valence-corrected chi connectivity index (χ2v) is 4.79. The molecule has 0 bridgehead atoms. The largest absolute Gasteiger partial charge is 0.494 e. The van der Waals surface area contributed by atoms with Crippen molar-refractivity contribution >= 4 is 11.8 Å². The molecule has 2 aromatic rings. The Labute approximate surface area is 129 Å². The third-order valence-corrected chi connectivity index (χ3v) is 3.05. The number of hydrogen-bond donors (Lipinski definition) is 1. The molecule has 0 spiro atoms. The SMILES string of the molecule is CCCCOc1cccc(-n2nc(C(=O)OCC)cc2N)c1. The van der Waals surface area contributed by atoms with Gasteiger partial charge in [-0.15, -0.1) is 0 Å². The summed E-state index contributed by atoms with van der Waals surface area (Å²) in [5.74, 6) is 0.635. The van der Waals surface area contributed by atoms with Crippen LogP contribution in [0.2, 0.25) is 0 Å². The highest BCUT2D eigenvalue weighted by atomic mass is 16.5. The smallest absolute Gasteiger partial charge is 0.358 e. The minimum absolute atomic E-state index is 0.191. The van der Waals surface area contributed by atoms with Gasteiger partial charge in [0.15, 0.2) is 5.69 Å². The van der Waals surface area contributed by atoms with Crippen molar-refractivity contribution < 1.29 is 14.3 Å². The summed E-state index contributed by atoms with van der Waals surface area (Å²) in [6.45, 7) is 4.82. The van der Waals surface area contributed by atoms with Crippen molar-refractivity contribution in [3.8, 4) is 11.4 Å². The number of ether oxygens (including phenoxy) is 2. The van der Waals surface area contributed by atoms with Crippen molar-refractivity contribution in [2.45, 2.75) is 26.7 Å². The summed E-state index contributed by atoms with van der Waals surface area (Å²) in [5.41, 5.74) is 6.86. The predicted octanol–water partition coefficient (Wildman–Crippen LogP) is 2.81. The predicted molar refractivity (Wildman–Crippen MR) is 84.3 cm³/mol. The van der Waals surface area contributed by atoms with E-state index in [0.717, 1.165) is 24.3 Å². The molecule has 2 rings (SSSR count). The van der Waals surface area contributed by atoms with E-state index < -0.39 is 5.97 Å². The monoisotopic (exact) mass is 303 g/mol. The Balaban J connectivity index is 2.20. The van der Waals surface area contributed by atoms with Gasteiger partial charge < -0.3 is 15.2 Å². The van der Waals surface area contributed by atoms with Crippen LogP contribution in [0.5, 0.6) is 5.75 Å². The zero-order valence-corrected chi connectivity index (χ0v) is 12.9. The van der Waals surface area contributed by atoms with E-state index in [2.05, 4.69) is 12.0 Å². The summed E-state index contributed by atoms with van der Waals surface area (Å²) in [5, 5.41) is 4.20. The molecule has 0 aliphatic heterocycles. The molecule has 0 radical (unpaired) electrons. The highest BCUT2D eigenvalue weighted by Gasteiger charge is 2.14. The molecule has 22 heavy (non-hydrogen) atoms. The Hall–Kier alpha value is -2.50. The van der Waals surface area contributed by atoms with Crippen LogP contribution in [-0.2, 0) is 4.74 Å². The van der Waals surface area contributed by atoms with Gasteiger partial charge in [0.1, 0.15) is 11.6 Å². The summed E-state index contributed by atoms with van der Waals surface area (Å²) in [6, 6.07) is 8.94. The number of unbranched alkanes of at least 4 members (excludes halogenated alkanes) is 1. The maximum Gasteiger partial charge on any atom is 0.358 e. The topological polar surface area (TPSA) is 79.4 Å². The van der Waals surface area contributed by atoms with Crippen LogP contribution in [0.1, 0.15) is 37.2 Å². The second kappa shape index (κ2) is 7.49. The Morgan fingerprint density at radius 1 is 1.32 bits per heavy atom. The average molecular weight is 303 g/mol. The molecule has 6 heteroatoms. The van der Waals surface area contributed by atoms with E-state index in [-0.39, 0.29) is 5.69 Å². The van der Waals surface area contributed by atoms with Crippen LogP contribution in [0.15, 0.2) is 30.3 Å². The van der Waals surface area contributed by atoms with Crippen LogP contribution in [0, 0.1) is 0 Å². The van der Waals surface area contributed by atoms with E-state index in [1.165, 1.54) is 10.7 Å². The molecular weight excluding hydrogens is 282 g/mol. The van der Waals surface area contributed by atoms with Crippen molar-refractivity contribution in [2.24, 2.45) is 0 Å². The van der Waals surface area contributed by atoms with Crippen LogP contribution in [0.3, 0.4) is 0 Å². The number of nitrogens with zero attached hydrogens (tertiary/aromatic N) is 2. The lowest BCUT2D eigenvalue weighted by atomic mass is 10.3. The van der Waals surface area contributed by atoms with Gasteiger partial charge in [-0.2, -0.15) is 5.10 Å². The first-order valence-corrected chi connectivity index (χ1v) is 7.41. The quantitative estimate of drug-likeness (QED) is 0.628. The third kappa shape index (κ3) is 3.78. The van der Waals surface area contributed by atoms with Crippen molar-refractivity contribution in [1.29, 1.82) is 0 Å². The van der Waals surface area contributed by atoms with Crippen LogP contribution in [0.25, 0.3) is 5.69 Å². The number of esters is 1. The Morgan fingerprint density at radius 2 is 2.14 bits per heavy atom. The lowest BCUT2D eigenvalue weighted by Gasteiger charge is -2.08. The molecule has 6 nitrogen and oxygen atoms in total. The fourth-order valence-corrected chi connectivity index (χ4v) is 1.95. The molecule has 0 amide bonds. The minimum Gasteiger partial charge on any atom is -0.494 e. The van der Waals surface area contributed by atoms with Gasteiger partial charge >= 0.3 is 5.97 Å². The fourth-order valence-electron chi connectivity index (χ4n) is 1.95. The summed E-state index contributed by atoms with van der Waals surface area (Å²) >= 11 is 0. The van der Waals surface area contributed by atoms with Gasteiger partial charge in [0.2, 0.25) is 0 Å². The molecule has 118 valence electrons. The van der Waals surface area contributed by atoms with Gasteiger partial charge in [-0.05, 0) is 25.5 Å². The molecular formula is C16H21N3O3. The van der Waals surface area contributed by atoms with E-state index >= 15 is 0 Å². The highest BCUT2D eigenvalue weighted by Crippen LogP contribution is 2.20. The number of nitrogen functional groups attached to an aromatic ring is 1. The molecule has 1 heterocycles. The Kier molecular flexibility index (Phi) is 5.41. The van der Waals surface area contributed by atoms with E-state index in [1.54, 1.807) is 6.92 Å². The number of carbonyl (C=O) groups excluding carboxylic acids is 1. The maximum absolute atomic E-state index is 11.7. The van der Waals surface area contributed by atoms with Gasteiger partial charge in [-0.3, -0.25) is 0 Å². The second-order valence-electron chi connectivity index (χ2n) is 4.79. The summed E-state index contributed by atoms with van der Waals surface area (Å²) in [4.78, 5) is 11.7. The fraction of sp³-hybridized carbons (Fsp3) is 0.375. The molecule has 0 saturated carbocycles. The third-order valence-electron chi connectivity index (χ3n) is 3.05.